The van der Waals surface area contributed by atoms with E-state index in [9.17, 15) is 0 Å². The Morgan fingerprint density at radius 2 is 0.375 bits per heavy atom. The highest BCUT2D eigenvalue weighted by Crippen LogP contribution is 2.30. The van der Waals surface area contributed by atoms with Gasteiger partial charge in [0.2, 0.25) is 0 Å². The molecule has 0 bridgehead atoms. The summed E-state index contributed by atoms with van der Waals surface area (Å²) in [7, 11) is 0. The first-order valence-electron chi connectivity index (χ1n) is 24.1. The molecule has 0 spiro atoms. The number of rotatable bonds is 14. The summed E-state index contributed by atoms with van der Waals surface area (Å²) in [5.41, 5.74) is 36.2. The van der Waals surface area contributed by atoms with Crippen LogP contribution in [-0.4, -0.2) is 0 Å². The van der Waals surface area contributed by atoms with E-state index in [1.165, 1.54) is 0 Å². The van der Waals surface area contributed by atoms with Crippen molar-refractivity contribution in [1.29, 1.82) is 0 Å². The van der Waals surface area contributed by atoms with E-state index < -0.39 is 0 Å². The van der Waals surface area contributed by atoms with E-state index in [-0.39, 0.29) is 0 Å². The zero-order chi connectivity index (χ0) is 50.7. The van der Waals surface area contributed by atoms with Gasteiger partial charge in [0, 0.05) is 11.4 Å². The molecule has 0 aliphatic rings. The van der Waals surface area contributed by atoms with Crippen LogP contribution in [0.2, 0.25) is 0 Å². The average Bonchev–Trinajstić information content (AvgIpc) is 3.35. The van der Waals surface area contributed by atoms with E-state index in [1.807, 2.05) is 72.8 Å². The first-order chi connectivity index (χ1) is 34.7. The third-order valence-electron chi connectivity index (χ3n) is 12.7. The number of benzene rings is 8. The van der Waals surface area contributed by atoms with Gasteiger partial charge in [0.1, 0.15) is 0 Å². The van der Waals surface area contributed by atoms with Crippen molar-refractivity contribution >= 4 is 94.1 Å². The van der Waals surface area contributed by atoms with Gasteiger partial charge in [0.25, 0.3) is 0 Å². The van der Waals surface area contributed by atoms with Gasteiger partial charge in [-0.3, -0.25) is 0 Å². The number of hydrogen-bond acceptors (Lipinski definition) is 8. The molecule has 8 heteroatoms. The first-order valence-corrected chi connectivity index (χ1v) is 24.1. The highest BCUT2D eigenvalue weighted by atomic mass is 15.1. The molecule has 0 aliphatic carbocycles. The van der Waals surface area contributed by atoms with Crippen LogP contribution in [0.3, 0.4) is 0 Å². The number of nitrogens with zero attached hydrogens (tertiary/aromatic N) is 6. The summed E-state index contributed by atoms with van der Waals surface area (Å²) in [5.74, 6) is 0. The lowest BCUT2D eigenvalue weighted by atomic mass is 10.0. The van der Waals surface area contributed by atoms with Gasteiger partial charge in [-0.15, -0.1) is 0 Å². The largest absolute Gasteiger partial charge is 0.399 e. The zero-order valence-corrected chi connectivity index (χ0v) is 42.3. The molecule has 0 aliphatic heterocycles. The fraction of sp³-hybridized carbons (Fsp3) is 0.125. The van der Waals surface area contributed by atoms with Crippen LogP contribution in [0.15, 0.2) is 176 Å². The van der Waals surface area contributed by atoms with E-state index in [1.54, 1.807) is 0 Å². The SMILES string of the molecule is Cc1cc(N)ccc1C=Cc1ccc(N=Nc2ccc(C=Cc3ccc(/N=N\c4ccc(C=Cc5ccc(N=Nc6ccc(C=Cc7ccc(N)cc7C)c(C)c6)cc5C)c(C)c4)cc3C)c(C)c2)cc1C. The van der Waals surface area contributed by atoms with Crippen molar-refractivity contribution in [2.45, 2.75) is 55.4 Å². The summed E-state index contributed by atoms with van der Waals surface area (Å²) in [6, 6.07) is 48.7. The molecule has 8 aromatic carbocycles. The Morgan fingerprint density at radius 3 is 0.528 bits per heavy atom. The molecule has 0 saturated carbocycles. The summed E-state index contributed by atoms with van der Waals surface area (Å²) < 4.78 is 0. The Hall–Kier alpha value is -8.88. The van der Waals surface area contributed by atoms with Crippen LogP contribution in [0.5, 0.6) is 0 Å². The lowest BCUT2D eigenvalue weighted by molar-refractivity contribution is 1.21. The fourth-order valence-electron chi connectivity index (χ4n) is 8.29. The molecular formula is C64H60N8. The monoisotopic (exact) mass is 940 g/mol. The molecule has 0 radical (unpaired) electrons. The maximum absolute atomic E-state index is 5.92. The number of azo groups is 3. The van der Waals surface area contributed by atoms with Gasteiger partial charge in [-0.05, 0) is 241 Å². The van der Waals surface area contributed by atoms with Crippen LogP contribution in [0.25, 0.3) is 48.6 Å². The van der Waals surface area contributed by atoms with Crippen LogP contribution < -0.4 is 11.5 Å². The summed E-state index contributed by atoms with van der Waals surface area (Å²) in [6.07, 6.45) is 17.0. The lowest BCUT2D eigenvalue weighted by Crippen LogP contribution is -1.87. The van der Waals surface area contributed by atoms with Crippen molar-refractivity contribution in [2.24, 2.45) is 30.7 Å². The summed E-state index contributed by atoms with van der Waals surface area (Å²) in [4.78, 5) is 0. The molecule has 0 amide bonds. The molecule has 4 N–H and O–H groups in total. The van der Waals surface area contributed by atoms with Gasteiger partial charge in [0.05, 0.1) is 34.1 Å². The highest BCUT2D eigenvalue weighted by Gasteiger charge is 2.06. The lowest BCUT2D eigenvalue weighted by Gasteiger charge is -2.05. The molecule has 0 aromatic heterocycles. The number of hydrogen-bond donors (Lipinski definition) is 2. The van der Waals surface area contributed by atoms with Gasteiger partial charge in [-0.2, -0.15) is 30.7 Å². The maximum Gasteiger partial charge on any atom is 0.0860 e. The molecular weight excluding hydrogens is 881 g/mol. The Morgan fingerprint density at radius 1 is 0.222 bits per heavy atom. The fourth-order valence-corrected chi connectivity index (χ4v) is 8.29. The molecule has 0 saturated heterocycles. The molecule has 0 atom stereocenters. The van der Waals surface area contributed by atoms with Crippen molar-refractivity contribution < 1.29 is 0 Å². The molecule has 0 heterocycles. The van der Waals surface area contributed by atoms with E-state index >= 15 is 0 Å². The van der Waals surface area contributed by atoms with Crippen LogP contribution >= 0.6 is 0 Å². The van der Waals surface area contributed by atoms with Crippen molar-refractivity contribution in [2.75, 3.05) is 11.5 Å². The minimum atomic E-state index is 0.773. The minimum absolute atomic E-state index is 0.773. The molecule has 72 heavy (non-hydrogen) atoms. The predicted molar refractivity (Wildman–Crippen MR) is 306 cm³/mol. The Kier molecular flexibility index (Phi) is 15.6. The van der Waals surface area contributed by atoms with E-state index in [2.05, 4.69) is 207 Å². The van der Waals surface area contributed by atoms with Crippen LogP contribution in [0.1, 0.15) is 89.0 Å². The number of nitrogens with two attached hydrogens (primary N) is 2. The van der Waals surface area contributed by atoms with Crippen molar-refractivity contribution in [3.8, 4) is 0 Å². The Balaban J connectivity index is 0.833. The third kappa shape index (κ3) is 13.0. The van der Waals surface area contributed by atoms with Gasteiger partial charge < -0.3 is 11.5 Å². The zero-order valence-electron chi connectivity index (χ0n) is 42.3. The standard InChI is InChI=1S/C64H60N8/c1-41-33-57(65)25-17-49(41)9-11-51-19-27-59(35-43(51)3)67-69-61-29-21-53(45(5)37-61)13-15-55-23-31-63(39-47(55)7)71-72-64-32-24-56(48(8)40-64)16-14-54-22-30-62(38-46(54)6)70-68-60-28-20-52(44(4)36-60)12-10-50-18-26-58(66)34-42(50)2/h9-40H,65-66H2,1-8H3/b11-9?,12-10?,15-13?,16-14?,69-67?,70-68?,72-71-. The van der Waals surface area contributed by atoms with Crippen LogP contribution in [-0.2, 0) is 0 Å². The second-order valence-electron chi connectivity index (χ2n) is 18.4. The maximum atomic E-state index is 5.92. The van der Waals surface area contributed by atoms with E-state index in [0.29, 0.717) is 0 Å². The molecule has 8 nitrogen and oxygen atoms in total. The number of aryl methyl sites for hydroxylation is 8. The van der Waals surface area contributed by atoms with E-state index in [0.717, 1.165) is 135 Å². The highest BCUT2D eigenvalue weighted by molar-refractivity contribution is 5.77. The quantitative estimate of drug-likeness (QED) is 0.0640. The second kappa shape index (κ2) is 22.7. The van der Waals surface area contributed by atoms with Gasteiger partial charge in [-0.25, -0.2) is 0 Å². The second-order valence-corrected chi connectivity index (χ2v) is 18.4. The van der Waals surface area contributed by atoms with Crippen LogP contribution in [0.4, 0.5) is 45.5 Å². The van der Waals surface area contributed by atoms with Gasteiger partial charge in [0.15, 0.2) is 0 Å². The number of nitrogen functional groups attached to an aromatic ring is 2. The Bertz CT molecular complexity index is 3300. The minimum Gasteiger partial charge on any atom is -0.399 e. The van der Waals surface area contributed by atoms with Crippen molar-refractivity contribution in [3.63, 3.8) is 0 Å². The first kappa shape index (κ1) is 49.5. The number of anilines is 2. The normalized spacial score (nSPS) is 12.2. The third-order valence-corrected chi connectivity index (χ3v) is 12.7. The topological polar surface area (TPSA) is 126 Å². The summed E-state index contributed by atoms with van der Waals surface area (Å²) in [5, 5.41) is 27.3. The summed E-state index contributed by atoms with van der Waals surface area (Å²) >= 11 is 0. The smallest absolute Gasteiger partial charge is 0.0860 e. The molecule has 0 fully saturated rings. The van der Waals surface area contributed by atoms with Gasteiger partial charge >= 0.3 is 0 Å². The summed E-state index contributed by atoms with van der Waals surface area (Å²) in [6.45, 7) is 16.7. The molecule has 0 unspecified atom stereocenters. The van der Waals surface area contributed by atoms with Crippen molar-refractivity contribution in [3.05, 3.63) is 235 Å². The van der Waals surface area contributed by atoms with Crippen LogP contribution in [0, 0.1) is 55.4 Å². The van der Waals surface area contributed by atoms with Gasteiger partial charge in [-0.1, -0.05) is 97.1 Å². The molecule has 8 rings (SSSR count). The van der Waals surface area contributed by atoms with Crippen molar-refractivity contribution in [1.82, 2.24) is 0 Å². The average molecular weight is 941 g/mol. The van der Waals surface area contributed by atoms with E-state index in [4.69, 9.17) is 11.5 Å². The predicted octanol–water partition coefficient (Wildman–Crippen LogP) is 19.2. The Labute approximate surface area is 424 Å². The molecule has 356 valence electrons. The molecule has 8 aromatic rings.